The van der Waals surface area contributed by atoms with Crippen LogP contribution in [0, 0.1) is 17.2 Å². The first-order valence-corrected chi connectivity index (χ1v) is 5.23. The number of hydrogen-bond acceptors (Lipinski definition) is 3. The zero-order valence-electron chi connectivity index (χ0n) is 8.94. The Morgan fingerprint density at radius 2 is 2.33 bits per heavy atom. The molecule has 1 aliphatic rings. The second-order valence-corrected chi connectivity index (χ2v) is 3.81. The molecule has 0 saturated heterocycles. The molecular formula is C12H16N2O. The molecule has 15 heavy (non-hydrogen) atoms. The van der Waals surface area contributed by atoms with Crippen molar-refractivity contribution in [2.24, 2.45) is 11.7 Å². The van der Waals surface area contributed by atoms with Crippen molar-refractivity contribution < 1.29 is 4.79 Å². The van der Waals surface area contributed by atoms with Crippen LogP contribution in [0.1, 0.15) is 26.2 Å². The molecule has 0 aliphatic heterocycles. The van der Waals surface area contributed by atoms with Gasteiger partial charge in [-0.1, -0.05) is 37.6 Å². The van der Waals surface area contributed by atoms with Crippen LogP contribution in [0.15, 0.2) is 24.3 Å². The number of Topliss-reactive ketones (excluding diaryl/α,β-unsaturated/α-hetero) is 1. The van der Waals surface area contributed by atoms with Crippen LogP contribution in [0.25, 0.3) is 0 Å². The molecule has 80 valence electrons. The number of unbranched alkanes of at least 4 members (excludes halogenated alkanes) is 1. The second-order valence-electron chi connectivity index (χ2n) is 3.81. The maximum absolute atomic E-state index is 11.9. The van der Waals surface area contributed by atoms with Gasteiger partial charge in [-0.2, -0.15) is 5.26 Å². The molecule has 0 aromatic rings. The van der Waals surface area contributed by atoms with Gasteiger partial charge in [0.15, 0.2) is 5.78 Å². The molecule has 0 aromatic carbocycles. The Morgan fingerprint density at radius 1 is 1.60 bits per heavy atom. The number of nitriles is 1. The molecule has 0 amide bonds. The molecule has 3 nitrogen and oxygen atoms in total. The lowest BCUT2D eigenvalue weighted by atomic mass is 9.77. The first-order chi connectivity index (χ1) is 7.15. The molecule has 1 rings (SSSR count). The standard InChI is InChI=1S/C12H16N2O/c1-2-3-7-11(15)12(14)8-5-4-6-10(12)9-13/h4-6,8,10H,2-3,7,14H2,1H3. The average molecular weight is 204 g/mol. The predicted molar refractivity (Wildman–Crippen MR) is 58.8 cm³/mol. The zero-order chi connectivity index (χ0) is 11.3. The summed E-state index contributed by atoms with van der Waals surface area (Å²) < 4.78 is 0. The maximum Gasteiger partial charge on any atom is 0.158 e. The highest BCUT2D eigenvalue weighted by Gasteiger charge is 2.38. The van der Waals surface area contributed by atoms with E-state index in [9.17, 15) is 4.79 Å². The Bertz CT molecular complexity index is 338. The fourth-order valence-electron chi connectivity index (χ4n) is 1.62. The Hall–Kier alpha value is -1.40. The van der Waals surface area contributed by atoms with Gasteiger partial charge in [0.25, 0.3) is 0 Å². The topological polar surface area (TPSA) is 66.9 Å². The summed E-state index contributed by atoms with van der Waals surface area (Å²) in [5.41, 5.74) is 4.88. The van der Waals surface area contributed by atoms with E-state index in [-0.39, 0.29) is 5.78 Å². The Morgan fingerprint density at radius 3 is 2.93 bits per heavy atom. The van der Waals surface area contributed by atoms with E-state index < -0.39 is 11.5 Å². The molecule has 0 aromatic heterocycles. The van der Waals surface area contributed by atoms with Gasteiger partial charge < -0.3 is 5.73 Å². The van der Waals surface area contributed by atoms with Crippen molar-refractivity contribution in [1.82, 2.24) is 0 Å². The van der Waals surface area contributed by atoms with Crippen LogP contribution in [0.2, 0.25) is 0 Å². The van der Waals surface area contributed by atoms with Crippen LogP contribution < -0.4 is 5.73 Å². The van der Waals surface area contributed by atoms with E-state index in [0.29, 0.717) is 6.42 Å². The van der Waals surface area contributed by atoms with Gasteiger partial charge in [-0.3, -0.25) is 4.79 Å². The normalized spacial score (nSPS) is 28.7. The van der Waals surface area contributed by atoms with Crippen LogP contribution in [-0.2, 0) is 4.79 Å². The van der Waals surface area contributed by atoms with Gasteiger partial charge in [-0.25, -0.2) is 0 Å². The van der Waals surface area contributed by atoms with Crippen molar-refractivity contribution in [1.29, 1.82) is 5.26 Å². The summed E-state index contributed by atoms with van der Waals surface area (Å²) in [6, 6.07) is 2.07. The van der Waals surface area contributed by atoms with Crippen LogP contribution in [0.4, 0.5) is 0 Å². The van der Waals surface area contributed by atoms with E-state index in [4.69, 9.17) is 11.0 Å². The summed E-state index contributed by atoms with van der Waals surface area (Å²) in [6.07, 6.45) is 9.04. The minimum absolute atomic E-state index is 0.0449. The quantitative estimate of drug-likeness (QED) is 0.758. The number of hydrogen-bond donors (Lipinski definition) is 1. The highest BCUT2D eigenvalue weighted by molar-refractivity contribution is 5.91. The van der Waals surface area contributed by atoms with Crippen LogP contribution in [0.3, 0.4) is 0 Å². The predicted octanol–water partition coefficient (Wildman–Crippen LogP) is 1.71. The van der Waals surface area contributed by atoms with Crippen molar-refractivity contribution in [2.75, 3.05) is 0 Å². The van der Waals surface area contributed by atoms with Crippen molar-refractivity contribution in [2.45, 2.75) is 31.7 Å². The number of allylic oxidation sites excluding steroid dienone is 2. The lowest BCUT2D eigenvalue weighted by molar-refractivity contribution is -0.123. The number of rotatable bonds is 4. The van der Waals surface area contributed by atoms with Crippen LogP contribution in [-0.4, -0.2) is 11.3 Å². The Balaban J connectivity index is 2.80. The number of carbonyl (C=O) groups excluding carboxylic acids is 1. The molecule has 2 atom stereocenters. The molecule has 0 fully saturated rings. The molecule has 0 spiro atoms. The van der Waals surface area contributed by atoms with Crippen molar-refractivity contribution in [3.8, 4) is 6.07 Å². The molecule has 3 heteroatoms. The molecular weight excluding hydrogens is 188 g/mol. The number of carbonyl (C=O) groups is 1. The van der Waals surface area contributed by atoms with E-state index >= 15 is 0 Å². The molecule has 0 bridgehead atoms. The average Bonchev–Trinajstić information content (AvgIpc) is 2.26. The molecule has 2 N–H and O–H groups in total. The summed E-state index contributed by atoms with van der Waals surface area (Å²) in [5, 5.41) is 8.93. The third-order valence-corrected chi connectivity index (χ3v) is 2.68. The number of nitrogens with two attached hydrogens (primary N) is 1. The van der Waals surface area contributed by atoms with Gasteiger partial charge in [-0.15, -0.1) is 0 Å². The Kier molecular flexibility index (Phi) is 3.81. The first kappa shape index (κ1) is 11.7. The van der Waals surface area contributed by atoms with E-state index in [2.05, 4.69) is 6.07 Å². The third-order valence-electron chi connectivity index (χ3n) is 2.68. The highest BCUT2D eigenvalue weighted by Crippen LogP contribution is 2.24. The Labute approximate surface area is 90.3 Å². The molecule has 0 heterocycles. The lowest BCUT2D eigenvalue weighted by Crippen LogP contribution is -2.52. The first-order valence-electron chi connectivity index (χ1n) is 5.23. The van der Waals surface area contributed by atoms with Gasteiger partial charge >= 0.3 is 0 Å². The van der Waals surface area contributed by atoms with E-state index in [1.807, 2.05) is 6.92 Å². The van der Waals surface area contributed by atoms with E-state index in [0.717, 1.165) is 12.8 Å². The SMILES string of the molecule is CCCCC(=O)C1(N)C=CC=CC1C#N. The fraction of sp³-hybridized carbons (Fsp3) is 0.500. The molecule has 2 unspecified atom stereocenters. The molecule has 1 aliphatic carbocycles. The smallest absolute Gasteiger partial charge is 0.158 e. The van der Waals surface area contributed by atoms with Gasteiger partial charge in [0.2, 0.25) is 0 Å². The van der Waals surface area contributed by atoms with Crippen molar-refractivity contribution >= 4 is 5.78 Å². The number of ketones is 1. The monoisotopic (exact) mass is 204 g/mol. The summed E-state index contributed by atoms with van der Waals surface area (Å²) >= 11 is 0. The summed E-state index contributed by atoms with van der Waals surface area (Å²) in [5.74, 6) is -0.580. The van der Waals surface area contributed by atoms with E-state index in [1.54, 1.807) is 24.3 Å². The minimum Gasteiger partial charge on any atom is -0.314 e. The number of nitrogens with zero attached hydrogens (tertiary/aromatic N) is 1. The van der Waals surface area contributed by atoms with Gasteiger partial charge in [0, 0.05) is 6.42 Å². The lowest BCUT2D eigenvalue weighted by Gasteiger charge is -2.29. The van der Waals surface area contributed by atoms with Crippen LogP contribution >= 0.6 is 0 Å². The highest BCUT2D eigenvalue weighted by atomic mass is 16.1. The van der Waals surface area contributed by atoms with Crippen LogP contribution in [0.5, 0.6) is 0 Å². The molecule has 0 saturated carbocycles. The van der Waals surface area contributed by atoms with Gasteiger partial charge in [0.1, 0.15) is 5.54 Å². The maximum atomic E-state index is 11.9. The largest absolute Gasteiger partial charge is 0.314 e. The minimum atomic E-state index is -1.11. The van der Waals surface area contributed by atoms with E-state index in [1.165, 1.54) is 0 Å². The fourth-order valence-corrected chi connectivity index (χ4v) is 1.62. The third kappa shape index (κ3) is 2.34. The molecule has 0 radical (unpaired) electrons. The summed E-state index contributed by atoms with van der Waals surface area (Å²) in [7, 11) is 0. The zero-order valence-corrected chi connectivity index (χ0v) is 8.94. The second kappa shape index (κ2) is 4.90. The summed E-state index contributed by atoms with van der Waals surface area (Å²) in [6.45, 7) is 2.02. The van der Waals surface area contributed by atoms with Gasteiger partial charge in [-0.05, 0) is 6.42 Å². The van der Waals surface area contributed by atoms with Crippen molar-refractivity contribution in [3.05, 3.63) is 24.3 Å². The van der Waals surface area contributed by atoms with Crippen molar-refractivity contribution in [3.63, 3.8) is 0 Å². The van der Waals surface area contributed by atoms with Gasteiger partial charge in [0.05, 0.1) is 12.0 Å². The summed E-state index contributed by atoms with van der Waals surface area (Å²) in [4.78, 5) is 11.9.